The molecule has 0 saturated heterocycles. The Labute approximate surface area is 182 Å². The van der Waals surface area contributed by atoms with Crippen LogP contribution in [0.1, 0.15) is 39.8 Å². The Morgan fingerprint density at radius 3 is 2.26 bits per heavy atom. The predicted molar refractivity (Wildman–Crippen MR) is 120 cm³/mol. The fourth-order valence-corrected chi connectivity index (χ4v) is 3.67. The molecule has 1 aromatic heterocycles. The fourth-order valence-electron chi connectivity index (χ4n) is 3.67. The number of aryl methyl sites for hydroxylation is 1. The highest BCUT2D eigenvalue weighted by Crippen LogP contribution is 2.21. The van der Waals surface area contributed by atoms with E-state index < -0.39 is 5.97 Å². The van der Waals surface area contributed by atoms with Crippen molar-refractivity contribution >= 4 is 11.9 Å². The molecule has 6 nitrogen and oxygen atoms in total. The molecule has 2 unspecified atom stereocenters. The summed E-state index contributed by atoms with van der Waals surface area (Å²) in [6.45, 7) is 1.97. The van der Waals surface area contributed by atoms with Crippen molar-refractivity contribution in [1.29, 1.82) is 0 Å². The number of aliphatic hydroxyl groups excluding tert-OH is 1. The Balaban J connectivity index is 1.74. The number of aromatic nitrogens is 1. The fraction of sp³-hybridized carbons (Fsp3) is 0.280. The lowest BCUT2D eigenvalue weighted by Gasteiger charge is -2.21. The molecular weight excluding hydrogens is 392 g/mol. The monoisotopic (exact) mass is 420 g/mol. The van der Waals surface area contributed by atoms with Gasteiger partial charge in [-0.3, -0.25) is 4.79 Å². The molecule has 1 heterocycles. The molecule has 0 bridgehead atoms. The van der Waals surface area contributed by atoms with E-state index in [1.807, 2.05) is 25.1 Å². The van der Waals surface area contributed by atoms with Crippen LogP contribution in [0.3, 0.4) is 0 Å². The van der Waals surface area contributed by atoms with Crippen molar-refractivity contribution in [2.45, 2.75) is 25.8 Å². The molecule has 2 aromatic carbocycles. The van der Waals surface area contributed by atoms with Gasteiger partial charge in [0.1, 0.15) is 5.69 Å². The molecule has 3 rings (SSSR count). The first-order valence-electron chi connectivity index (χ1n) is 10.3. The highest BCUT2D eigenvalue weighted by atomic mass is 16.4. The number of amides is 1. The van der Waals surface area contributed by atoms with Gasteiger partial charge >= 0.3 is 5.97 Å². The van der Waals surface area contributed by atoms with Crippen LogP contribution in [-0.2, 0) is 13.5 Å². The lowest BCUT2D eigenvalue weighted by atomic mass is 9.95. The summed E-state index contributed by atoms with van der Waals surface area (Å²) in [5, 5.41) is 21.7. The zero-order valence-corrected chi connectivity index (χ0v) is 17.8. The average molecular weight is 421 g/mol. The van der Waals surface area contributed by atoms with E-state index in [0.717, 1.165) is 16.7 Å². The van der Waals surface area contributed by atoms with Crippen molar-refractivity contribution in [2.24, 2.45) is 13.0 Å². The average Bonchev–Trinajstić information content (AvgIpc) is 3.17. The van der Waals surface area contributed by atoms with Gasteiger partial charge < -0.3 is 20.1 Å². The molecule has 0 spiro atoms. The van der Waals surface area contributed by atoms with Gasteiger partial charge in [0.2, 0.25) is 0 Å². The van der Waals surface area contributed by atoms with Gasteiger partial charge in [0.15, 0.2) is 0 Å². The number of carboxylic acid groups (broad SMARTS) is 1. The lowest BCUT2D eigenvalue weighted by molar-refractivity contribution is 0.0686. The van der Waals surface area contributed by atoms with Crippen molar-refractivity contribution in [1.82, 2.24) is 9.88 Å². The molecule has 2 atom stereocenters. The first-order chi connectivity index (χ1) is 14.9. The Morgan fingerprint density at radius 2 is 1.68 bits per heavy atom. The van der Waals surface area contributed by atoms with Gasteiger partial charge in [-0.05, 0) is 41.5 Å². The van der Waals surface area contributed by atoms with Crippen molar-refractivity contribution in [3.8, 4) is 11.1 Å². The van der Waals surface area contributed by atoms with E-state index in [1.165, 1.54) is 16.8 Å². The quantitative estimate of drug-likeness (QED) is 0.492. The second-order valence-electron chi connectivity index (χ2n) is 7.99. The zero-order valence-electron chi connectivity index (χ0n) is 17.8. The summed E-state index contributed by atoms with van der Waals surface area (Å²) in [5.74, 6) is -1.37. The number of carbonyl (C=O) groups excluding carboxylic acids is 1. The van der Waals surface area contributed by atoms with Crippen molar-refractivity contribution in [3.05, 3.63) is 83.7 Å². The number of nitrogens with one attached hydrogen (secondary N) is 1. The molecule has 6 heteroatoms. The largest absolute Gasteiger partial charge is 0.477 e. The van der Waals surface area contributed by atoms with E-state index in [9.17, 15) is 19.8 Å². The smallest absolute Gasteiger partial charge is 0.352 e. The zero-order chi connectivity index (χ0) is 22.4. The number of aromatic carboxylic acids is 1. The van der Waals surface area contributed by atoms with Gasteiger partial charge in [0, 0.05) is 25.9 Å². The molecule has 3 N–H and O–H groups in total. The minimum atomic E-state index is -1.08. The summed E-state index contributed by atoms with van der Waals surface area (Å²) in [4.78, 5) is 24.0. The molecular formula is C25H28N2O4. The molecule has 0 aliphatic rings. The molecule has 0 radical (unpaired) electrons. The van der Waals surface area contributed by atoms with E-state index in [4.69, 9.17) is 0 Å². The Kier molecular flexibility index (Phi) is 7.26. The van der Waals surface area contributed by atoms with Crippen LogP contribution in [0.15, 0.2) is 66.9 Å². The number of carboxylic acids is 1. The van der Waals surface area contributed by atoms with E-state index in [-0.39, 0.29) is 30.2 Å². The maximum absolute atomic E-state index is 12.8. The minimum Gasteiger partial charge on any atom is -0.477 e. The molecule has 0 aliphatic heterocycles. The molecule has 1 amide bonds. The van der Waals surface area contributed by atoms with E-state index >= 15 is 0 Å². The standard InChI is InChI=1S/C25H28N2O4/c1-17(16-28)12-22(26-24(29)21-14-23(25(30)31)27(2)15-21)13-18-8-10-20(11-9-18)19-6-4-3-5-7-19/h3-11,14-15,17,22,28H,12-13,16H2,1-2H3,(H,26,29)(H,30,31). The maximum atomic E-state index is 12.8. The third kappa shape index (κ3) is 5.83. The molecule has 31 heavy (non-hydrogen) atoms. The summed E-state index contributed by atoms with van der Waals surface area (Å²) in [6, 6.07) is 19.5. The predicted octanol–water partition coefficient (Wildman–Crippen LogP) is 3.75. The molecule has 0 saturated carbocycles. The summed E-state index contributed by atoms with van der Waals surface area (Å²) >= 11 is 0. The van der Waals surface area contributed by atoms with Crippen LogP contribution in [0.25, 0.3) is 11.1 Å². The number of benzene rings is 2. The molecule has 0 fully saturated rings. The van der Waals surface area contributed by atoms with Crippen molar-refractivity contribution < 1.29 is 19.8 Å². The number of rotatable bonds is 9. The van der Waals surface area contributed by atoms with Crippen molar-refractivity contribution in [3.63, 3.8) is 0 Å². The third-order valence-electron chi connectivity index (χ3n) is 5.36. The van der Waals surface area contributed by atoms with E-state index in [2.05, 4.69) is 41.7 Å². The van der Waals surface area contributed by atoms with Gasteiger partial charge in [-0.15, -0.1) is 0 Å². The second kappa shape index (κ2) is 10.1. The Bertz CT molecular complexity index is 1030. The summed E-state index contributed by atoms with van der Waals surface area (Å²) in [6.07, 6.45) is 2.74. The van der Waals surface area contributed by atoms with Gasteiger partial charge in [-0.2, -0.15) is 0 Å². The van der Waals surface area contributed by atoms with Gasteiger partial charge in [-0.25, -0.2) is 4.79 Å². The van der Waals surface area contributed by atoms with Crippen molar-refractivity contribution in [2.75, 3.05) is 6.61 Å². The molecule has 0 aliphatic carbocycles. The van der Waals surface area contributed by atoms with Crippen LogP contribution in [0.5, 0.6) is 0 Å². The van der Waals surface area contributed by atoms with Gasteiger partial charge in [0.05, 0.1) is 5.56 Å². The highest BCUT2D eigenvalue weighted by molar-refractivity contribution is 5.97. The van der Waals surface area contributed by atoms with E-state index in [1.54, 1.807) is 7.05 Å². The minimum absolute atomic E-state index is 0.0271. The van der Waals surface area contributed by atoms with Gasteiger partial charge in [0.25, 0.3) is 5.91 Å². The Morgan fingerprint density at radius 1 is 1.03 bits per heavy atom. The van der Waals surface area contributed by atoms with Crippen LogP contribution >= 0.6 is 0 Å². The van der Waals surface area contributed by atoms with Crippen LogP contribution in [0, 0.1) is 5.92 Å². The number of hydrogen-bond acceptors (Lipinski definition) is 3. The maximum Gasteiger partial charge on any atom is 0.352 e. The van der Waals surface area contributed by atoms with E-state index in [0.29, 0.717) is 18.4 Å². The first-order valence-corrected chi connectivity index (χ1v) is 10.3. The summed E-state index contributed by atoms with van der Waals surface area (Å²) in [7, 11) is 1.60. The van der Waals surface area contributed by atoms with Crippen LogP contribution in [0.2, 0.25) is 0 Å². The molecule has 162 valence electrons. The summed E-state index contributed by atoms with van der Waals surface area (Å²) in [5.41, 5.74) is 3.71. The number of hydrogen-bond donors (Lipinski definition) is 3. The number of aliphatic hydroxyl groups is 1. The topological polar surface area (TPSA) is 91.6 Å². The highest BCUT2D eigenvalue weighted by Gasteiger charge is 2.20. The Hall–Kier alpha value is -3.38. The summed E-state index contributed by atoms with van der Waals surface area (Å²) < 4.78 is 1.42. The van der Waals surface area contributed by atoms with Gasteiger partial charge in [-0.1, -0.05) is 61.5 Å². The first kappa shape index (κ1) is 22.3. The van der Waals surface area contributed by atoms with Crippen LogP contribution in [-0.4, -0.2) is 39.3 Å². The SMILES string of the molecule is CC(CO)CC(Cc1ccc(-c2ccccc2)cc1)NC(=O)c1cc(C(=O)O)n(C)c1. The lowest BCUT2D eigenvalue weighted by Crippen LogP contribution is -2.38. The van der Waals surface area contributed by atoms with Crippen LogP contribution in [0.4, 0.5) is 0 Å². The van der Waals surface area contributed by atoms with Crippen LogP contribution < -0.4 is 5.32 Å². The second-order valence-corrected chi connectivity index (χ2v) is 7.99. The third-order valence-corrected chi connectivity index (χ3v) is 5.36. The number of nitrogens with zero attached hydrogens (tertiary/aromatic N) is 1. The molecule has 3 aromatic rings. The normalized spacial score (nSPS) is 12.9. The number of carbonyl (C=O) groups is 2.